The van der Waals surface area contributed by atoms with Crippen molar-refractivity contribution in [1.82, 2.24) is 5.01 Å². The molecule has 1 fully saturated rings. The Kier molecular flexibility index (Phi) is 4.45. The summed E-state index contributed by atoms with van der Waals surface area (Å²) < 4.78 is 13.4. The van der Waals surface area contributed by atoms with Crippen LogP contribution in [0.25, 0.3) is 0 Å². The van der Waals surface area contributed by atoms with Crippen molar-refractivity contribution in [3.63, 3.8) is 0 Å². The molecule has 2 atom stereocenters. The summed E-state index contributed by atoms with van der Waals surface area (Å²) in [6.07, 6.45) is 3.16. The van der Waals surface area contributed by atoms with Gasteiger partial charge in [-0.05, 0) is 32.8 Å². The highest BCUT2D eigenvalue weighted by Gasteiger charge is 2.27. The van der Waals surface area contributed by atoms with Crippen molar-refractivity contribution in [2.45, 2.75) is 45.2 Å². The van der Waals surface area contributed by atoms with Crippen LogP contribution in [0.4, 0.5) is 15.8 Å². The molecule has 0 saturated carbocycles. The van der Waals surface area contributed by atoms with Crippen LogP contribution in [0, 0.1) is 15.9 Å². The molecule has 7 heteroatoms. The number of nitro benzene ring substituents is 1. The quantitative estimate of drug-likeness (QED) is 0.678. The number of hydrogen-bond acceptors (Lipinski definition) is 4. The first kappa shape index (κ1) is 15.0. The van der Waals surface area contributed by atoms with Crippen LogP contribution >= 0.6 is 11.6 Å². The molecule has 1 aromatic rings. The van der Waals surface area contributed by atoms with Gasteiger partial charge in [-0.15, -0.1) is 0 Å². The maximum absolute atomic E-state index is 13.4. The Hall–Kier alpha value is -1.40. The van der Waals surface area contributed by atoms with E-state index in [0.29, 0.717) is 0 Å². The van der Waals surface area contributed by atoms with Crippen LogP contribution in [0.3, 0.4) is 0 Å². The third kappa shape index (κ3) is 3.02. The lowest BCUT2D eigenvalue weighted by molar-refractivity contribution is -0.384. The van der Waals surface area contributed by atoms with E-state index in [-0.39, 0.29) is 28.5 Å². The van der Waals surface area contributed by atoms with E-state index < -0.39 is 10.7 Å². The lowest BCUT2D eigenvalue weighted by atomic mass is 10.00. The molecule has 0 amide bonds. The second-order valence-electron chi connectivity index (χ2n) is 5.19. The zero-order valence-electron chi connectivity index (χ0n) is 11.4. The fourth-order valence-corrected chi connectivity index (χ4v) is 2.72. The van der Waals surface area contributed by atoms with Crippen LogP contribution in [-0.2, 0) is 0 Å². The molecule has 0 spiro atoms. The molecule has 0 aromatic heterocycles. The number of benzene rings is 1. The standard InChI is InChI=1S/C13H17ClFN3O2/c1-8-4-3-5-9(2)17(8)16-12-6-10(14)11(15)7-13(12)18(19)20/h6-9,16H,3-5H2,1-2H3. The summed E-state index contributed by atoms with van der Waals surface area (Å²) in [5.74, 6) is -0.788. The number of nitro groups is 1. The van der Waals surface area contributed by atoms with E-state index in [9.17, 15) is 14.5 Å². The Bertz CT molecular complexity index is 517. The predicted octanol–water partition coefficient (Wildman–Crippen LogP) is 3.98. The van der Waals surface area contributed by atoms with Crippen molar-refractivity contribution in [1.29, 1.82) is 0 Å². The van der Waals surface area contributed by atoms with Crippen molar-refractivity contribution >= 4 is 23.0 Å². The molecule has 110 valence electrons. The fraction of sp³-hybridized carbons (Fsp3) is 0.538. The smallest absolute Gasteiger partial charge is 0.296 e. The highest BCUT2D eigenvalue weighted by molar-refractivity contribution is 6.31. The van der Waals surface area contributed by atoms with Crippen LogP contribution in [0.15, 0.2) is 12.1 Å². The number of hydrogen-bond donors (Lipinski definition) is 1. The first-order valence-corrected chi connectivity index (χ1v) is 6.96. The second-order valence-corrected chi connectivity index (χ2v) is 5.60. The number of anilines is 1. The van der Waals surface area contributed by atoms with Crippen LogP contribution in [0.1, 0.15) is 33.1 Å². The van der Waals surface area contributed by atoms with Gasteiger partial charge >= 0.3 is 0 Å². The molecule has 20 heavy (non-hydrogen) atoms. The summed E-state index contributed by atoms with van der Waals surface area (Å²) in [5.41, 5.74) is 2.95. The van der Waals surface area contributed by atoms with Gasteiger partial charge in [0.25, 0.3) is 5.69 Å². The Morgan fingerprint density at radius 2 is 2.00 bits per heavy atom. The minimum absolute atomic E-state index is 0.129. The minimum atomic E-state index is -0.788. The van der Waals surface area contributed by atoms with Crippen molar-refractivity contribution in [2.24, 2.45) is 0 Å². The van der Waals surface area contributed by atoms with E-state index in [1.165, 1.54) is 6.07 Å². The van der Waals surface area contributed by atoms with Crippen LogP contribution in [-0.4, -0.2) is 22.0 Å². The Labute approximate surface area is 121 Å². The van der Waals surface area contributed by atoms with Gasteiger partial charge < -0.3 is 5.43 Å². The van der Waals surface area contributed by atoms with Gasteiger partial charge in [0.15, 0.2) is 0 Å². The number of rotatable bonds is 3. The van der Waals surface area contributed by atoms with Crippen molar-refractivity contribution in [3.05, 3.63) is 33.1 Å². The van der Waals surface area contributed by atoms with Crippen molar-refractivity contribution < 1.29 is 9.31 Å². The minimum Gasteiger partial charge on any atom is -0.312 e. The number of halogens is 2. The molecule has 2 unspecified atom stereocenters. The highest BCUT2D eigenvalue weighted by atomic mass is 35.5. The number of nitrogens with one attached hydrogen (secondary N) is 1. The predicted molar refractivity (Wildman–Crippen MR) is 76.3 cm³/mol. The van der Waals surface area contributed by atoms with Gasteiger partial charge in [0.05, 0.1) is 16.0 Å². The van der Waals surface area contributed by atoms with E-state index in [1.54, 1.807) is 0 Å². The zero-order chi connectivity index (χ0) is 14.9. The average molecular weight is 302 g/mol. The van der Waals surface area contributed by atoms with E-state index >= 15 is 0 Å². The average Bonchev–Trinajstić information content (AvgIpc) is 2.37. The molecule has 2 rings (SSSR count). The summed E-state index contributed by atoms with van der Waals surface area (Å²) in [7, 11) is 0. The van der Waals surface area contributed by atoms with Gasteiger partial charge in [-0.1, -0.05) is 18.0 Å². The second kappa shape index (κ2) is 5.93. The Balaban J connectivity index is 2.32. The maximum atomic E-state index is 13.4. The van der Waals surface area contributed by atoms with E-state index in [2.05, 4.69) is 19.3 Å². The van der Waals surface area contributed by atoms with E-state index in [1.807, 2.05) is 5.01 Å². The molecular formula is C13H17ClFN3O2. The van der Waals surface area contributed by atoms with E-state index in [4.69, 9.17) is 11.6 Å². The SMILES string of the molecule is CC1CCCC(C)N1Nc1cc(Cl)c(F)cc1[N+](=O)[O-]. The molecular weight excluding hydrogens is 285 g/mol. The molecule has 0 bridgehead atoms. The Morgan fingerprint density at radius 1 is 1.40 bits per heavy atom. The number of hydrazine groups is 1. The van der Waals surface area contributed by atoms with Gasteiger partial charge in [0.2, 0.25) is 0 Å². The monoisotopic (exact) mass is 301 g/mol. The van der Waals surface area contributed by atoms with Crippen molar-refractivity contribution in [2.75, 3.05) is 5.43 Å². The molecule has 1 saturated heterocycles. The fourth-order valence-electron chi connectivity index (χ4n) is 2.56. The third-order valence-electron chi connectivity index (χ3n) is 3.68. The lowest BCUT2D eigenvalue weighted by Crippen LogP contribution is -2.47. The molecule has 1 heterocycles. The number of piperidine rings is 1. The largest absolute Gasteiger partial charge is 0.312 e. The lowest BCUT2D eigenvalue weighted by Gasteiger charge is -2.39. The summed E-state index contributed by atoms with van der Waals surface area (Å²) in [5, 5.41) is 12.9. The van der Waals surface area contributed by atoms with Crippen molar-refractivity contribution in [3.8, 4) is 0 Å². The summed E-state index contributed by atoms with van der Waals surface area (Å²) in [4.78, 5) is 10.4. The van der Waals surface area contributed by atoms with Crippen LogP contribution in [0.2, 0.25) is 5.02 Å². The topological polar surface area (TPSA) is 58.4 Å². The molecule has 1 aromatic carbocycles. The summed E-state index contributed by atoms with van der Waals surface area (Å²) >= 11 is 5.72. The molecule has 1 N–H and O–H groups in total. The zero-order valence-corrected chi connectivity index (χ0v) is 12.2. The highest BCUT2D eigenvalue weighted by Crippen LogP contribution is 2.32. The van der Waals surface area contributed by atoms with Gasteiger partial charge in [-0.3, -0.25) is 10.1 Å². The van der Waals surface area contributed by atoms with E-state index in [0.717, 1.165) is 25.3 Å². The first-order valence-electron chi connectivity index (χ1n) is 6.58. The van der Waals surface area contributed by atoms with Gasteiger partial charge in [0.1, 0.15) is 11.5 Å². The molecule has 1 aliphatic rings. The normalized spacial score (nSPS) is 23.6. The summed E-state index contributed by atoms with van der Waals surface area (Å²) in [6.45, 7) is 4.11. The van der Waals surface area contributed by atoms with Gasteiger partial charge in [0, 0.05) is 12.1 Å². The van der Waals surface area contributed by atoms with Gasteiger partial charge in [-0.25, -0.2) is 9.40 Å². The van der Waals surface area contributed by atoms with Crippen LogP contribution in [0.5, 0.6) is 0 Å². The number of nitrogens with zero attached hydrogens (tertiary/aromatic N) is 2. The van der Waals surface area contributed by atoms with Crippen LogP contribution < -0.4 is 5.43 Å². The molecule has 5 nitrogen and oxygen atoms in total. The molecule has 0 radical (unpaired) electrons. The summed E-state index contributed by atoms with van der Waals surface area (Å²) in [6, 6.07) is 2.62. The Morgan fingerprint density at radius 3 is 2.55 bits per heavy atom. The maximum Gasteiger partial charge on any atom is 0.296 e. The third-order valence-corrected chi connectivity index (χ3v) is 3.97. The van der Waals surface area contributed by atoms with Gasteiger partial charge in [-0.2, -0.15) is 0 Å². The molecule has 0 aliphatic carbocycles. The first-order chi connectivity index (χ1) is 9.40. The molecule has 1 aliphatic heterocycles.